The third-order valence-corrected chi connectivity index (χ3v) is 3.67. The predicted molar refractivity (Wildman–Crippen MR) is 68.3 cm³/mol. The normalized spacial score (nSPS) is 26.3. The third kappa shape index (κ3) is 2.20. The van der Waals surface area contributed by atoms with Crippen LogP contribution >= 0.6 is 0 Å². The number of nitrogens with zero attached hydrogens (tertiary/aromatic N) is 1. The van der Waals surface area contributed by atoms with Crippen molar-refractivity contribution in [1.82, 2.24) is 10.2 Å². The molecule has 1 amide bonds. The van der Waals surface area contributed by atoms with Gasteiger partial charge in [-0.1, -0.05) is 50.6 Å². The van der Waals surface area contributed by atoms with E-state index in [2.05, 4.69) is 31.3 Å². The number of nitrogens with one attached hydrogen (secondary N) is 1. The predicted octanol–water partition coefficient (Wildman–Crippen LogP) is 2.16. The molecule has 0 radical (unpaired) electrons. The first-order valence-electron chi connectivity index (χ1n) is 6.22. The lowest BCUT2D eigenvalue weighted by Crippen LogP contribution is -2.35. The Morgan fingerprint density at radius 3 is 2.59 bits per heavy atom. The zero-order valence-corrected chi connectivity index (χ0v) is 10.7. The fraction of sp³-hybridized carbons (Fsp3) is 0.500. The van der Waals surface area contributed by atoms with Crippen molar-refractivity contribution in [2.45, 2.75) is 32.5 Å². The lowest BCUT2D eigenvalue weighted by molar-refractivity contribution is -0.129. The van der Waals surface area contributed by atoms with Gasteiger partial charge in [-0.3, -0.25) is 10.1 Å². The van der Waals surface area contributed by atoms with Crippen molar-refractivity contribution in [3.63, 3.8) is 0 Å². The Bertz CT molecular complexity index is 390. The quantitative estimate of drug-likeness (QED) is 0.866. The van der Waals surface area contributed by atoms with E-state index in [1.165, 1.54) is 0 Å². The second kappa shape index (κ2) is 4.88. The molecule has 17 heavy (non-hydrogen) atoms. The van der Waals surface area contributed by atoms with Crippen molar-refractivity contribution in [2.24, 2.45) is 5.92 Å². The molecule has 0 spiro atoms. The molecule has 3 unspecified atom stereocenters. The Morgan fingerprint density at radius 1 is 1.35 bits per heavy atom. The third-order valence-electron chi connectivity index (χ3n) is 3.67. The molecule has 1 aliphatic rings. The van der Waals surface area contributed by atoms with E-state index < -0.39 is 0 Å². The van der Waals surface area contributed by atoms with E-state index in [0.717, 1.165) is 12.0 Å². The highest BCUT2D eigenvalue weighted by molar-refractivity contribution is 5.84. The molecule has 1 N–H and O–H groups in total. The van der Waals surface area contributed by atoms with Gasteiger partial charge in [0.2, 0.25) is 5.91 Å². The standard InChI is InChI=1S/C14H20N2O/c1-4-10(2)12-14(17)16(3)13(15-12)11-8-6-5-7-9-11/h5-10,12-13,15H,4H2,1-3H3. The largest absolute Gasteiger partial charge is 0.325 e. The molecule has 2 rings (SSSR count). The Hall–Kier alpha value is -1.35. The molecule has 1 saturated heterocycles. The Labute approximate surface area is 103 Å². The smallest absolute Gasteiger partial charge is 0.241 e. The lowest BCUT2D eigenvalue weighted by Gasteiger charge is -2.19. The Kier molecular flexibility index (Phi) is 3.48. The van der Waals surface area contributed by atoms with Gasteiger partial charge < -0.3 is 4.90 Å². The van der Waals surface area contributed by atoms with Crippen LogP contribution in [0.5, 0.6) is 0 Å². The van der Waals surface area contributed by atoms with Gasteiger partial charge in [0.25, 0.3) is 0 Å². The van der Waals surface area contributed by atoms with Gasteiger partial charge in [0, 0.05) is 7.05 Å². The van der Waals surface area contributed by atoms with Gasteiger partial charge in [-0.15, -0.1) is 0 Å². The monoisotopic (exact) mass is 232 g/mol. The summed E-state index contributed by atoms with van der Waals surface area (Å²) in [6.45, 7) is 4.24. The number of hydrogen-bond donors (Lipinski definition) is 1. The van der Waals surface area contributed by atoms with E-state index in [1.807, 2.05) is 30.1 Å². The molecule has 1 fully saturated rings. The van der Waals surface area contributed by atoms with E-state index in [9.17, 15) is 4.79 Å². The summed E-state index contributed by atoms with van der Waals surface area (Å²) in [4.78, 5) is 14.0. The minimum atomic E-state index is -0.0461. The number of likely N-dealkylation sites (N-methyl/N-ethyl adjacent to an activating group) is 1. The van der Waals surface area contributed by atoms with Gasteiger partial charge in [-0.2, -0.15) is 0 Å². The van der Waals surface area contributed by atoms with Crippen LogP contribution in [-0.2, 0) is 4.79 Å². The number of amides is 1. The van der Waals surface area contributed by atoms with Crippen LogP contribution in [0, 0.1) is 5.92 Å². The number of carbonyl (C=O) groups is 1. The Morgan fingerprint density at radius 2 is 2.00 bits per heavy atom. The van der Waals surface area contributed by atoms with Crippen LogP contribution < -0.4 is 5.32 Å². The van der Waals surface area contributed by atoms with Crippen LogP contribution in [0.2, 0.25) is 0 Å². The van der Waals surface area contributed by atoms with Gasteiger partial charge in [0.15, 0.2) is 0 Å². The fourth-order valence-corrected chi connectivity index (χ4v) is 2.30. The van der Waals surface area contributed by atoms with E-state index >= 15 is 0 Å². The number of carbonyl (C=O) groups excluding carboxylic acids is 1. The van der Waals surface area contributed by atoms with Crippen LogP contribution in [0.3, 0.4) is 0 Å². The molecule has 1 aromatic rings. The van der Waals surface area contributed by atoms with Crippen molar-refractivity contribution in [1.29, 1.82) is 0 Å². The molecular formula is C14H20N2O. The van der Waals surface area contributed by atoms with Crippen molar-refractivity contribution in [3.8, 4) is 0 Å². The fourth-order valence-electron chi connectivity index (χ4n) is 2.30. The van der Waals surface area contributed by atoms with Crippen molar-refractivity contribution >= 4 is 5.91 Å². The maximum absolute atomic E-state index is 12.2. The first kappa shape index (κ1) is 12.1. The lowest BCUT2D eigenvalue weighted by atomic mass is 9.99. The zero-order chi connectivity index (χ0) is 12.4. The molecule has 0 aliphatic carbocycles. The van der Waals surface area contributed by atoms with E-state index in [0.29, 0.717) is 5.92 Å². The van der Waals surface area contributed by atoms with Crippen LogP contribution in [-0.4, -0.2) is 23.9 Å². The highest BCUT2D eigenvalue weighted by Gasteiger charge is 2.39. The number of hydrogen-bond acceptors (Lipinski definition) is 2. The summed E-state index contributed by atoms with van der Waals surface area (Å²) in [5, 5.41) is 3.43. The minimum Gasteiger partial charge on any atom is -0.325 e. The molecule has 3 nitrogen and oxygen atoms in total. The van der Waals surface area contributed by atoms with Gasteiger partial charge >= 0.3 is 0 Å². The molecule has 3 atom stereocenters. The van der Waals surface area contributed by atoms with Crippen LogP contribution in [0.4, 0.5) is 0 Å². The summed E-state index contributed by atoms with van der Waals surface area (Å²) in [7, 11) is 1.87. The first-order valence-corrected chi connectivity index (χ1v) is 6.22. The van der Waals surface area contributed by atoms with Crippen molar-refractivity contribution in [2.75, 3.05) is 7.05 Å². The van der Waals surface area contributed by atoms with E-state index in [4.69, 9.17) is 0 Å². The van der Waals surface area contributed by atoms with E-state index in [1.54, 1.807) is 0 Å². The zero-order valence-electron chi connectivity index (χ0n) is 10.7. The summed E-state index contributed by atoms with van der Waals surface area (Å²) in [6.07, 6.45) is 1.03. The number of rotatable bonds is 3. The average molecular weight is 232 g/mol. The van der Waals surface area contributed by atoms with Gasteiger partial charge in [0.05, 0.1) is 6.04 Å². The molecule has 0 aromatic heterocycles. The molecule has 0 saturated carbocycles. The highest BCUT2D eigenvalue weighted by Crippen LogP contribution is 2.27. The van der Waals surface area contributed by atoms with Crippen LogP contribution in [0.1, 0.15) is 32.0 Å². The molecule has 92 valence electrons. The maximum Gasteiger partial charge on any atom is 0.241 e. The van der Waals surface area contributed by atoms with Crippen molar-refractivity contribution < 1.29 is 4.79 Å². The molecule has 1 aliphatic heterocycles. The molecule has 0 bridgehead atoms. The van der Waals surface area contributed by atoms with Gasteiger partial charge in [-0.25, -0.2) is 0 Å². The van der Waals surface area contributed by atoms with Gasteiger partial charge in [0.1, 0.15) is 6.17 Å². The average Bonchev–Trinajstić information content (AvgIpc) is 2.67. The van der Waals surface area contributed by atoms with Gasteiger partial charge in [-0.05, 0) is 11.5 Å². The summed E-state index contributed by atoms with van der Waals surface area (Å²) >= 11 is 0. The second-order valence-corrected chi connectivity index (χ2v) is 4.79. The SMILES string of the molecule is CCC(C)C1NC(c2ccccc2)N(C)C1=O. The maximum atomic E-state index is 12.2. The molecule has 3 heteroatoms. The Balaban J connectivity index is 2.20. The molecule has 1 aromatic carbocycles. The number of benzene rings is 1. The summed E-state index contributed by atoms with van der Waals surface area (Å²) in [6, 6.07) is 10.1. The van der Waals surface area contributed by atoms with Crippen LogP contribution in [0.15, 0.2) is 30.3 Å². The first-order chi connectivity index (χ1) is 8.15. The second-order valence-electron chi connectivity index (χ2n) is 4.79. The van der Waals surface area contributed by atoms with Crippen LogP contribution in [0.25, 0.3) is 0 Å². The van der Waals surface area contributed by atoms with E-state index in [-0.39, 0.29) is 18.1 Å². The molecular weight excluding hydrogens is 212 g/mol. The minimum absolute atomic E-state index is 0.0164. The summed E-state index contributed by atoms with van der Waals surface area (Å²) in [5.41, 5.74) is 1.15. The highest BCUT2D eigenvalue weighted by atomic mass is 16.2. The van der Waals surface area contributed by atoms with Crippen molar-refractivity contribution in [3.05, 3.63) is 35.9 Å². The summed E-state index contributed by atoms with van der Waals surface area (Å²) < 4.78 is 0. The molecule has 1 heterocycles. The summed E-state index contributed by atoms with van der Waals surface area (Å²) in [5.74, 6) is 0.576. The topological polar surface area (TPSA) is 32.3 Å².